The maximum atomic E-state index is 12.2. The number of hydrogen-bond donors (Lipinski definition) is 2. The van der Waals surface area contributed by atoms with Crippen LogP contribution in [-0.2, 0) is 0 Å². The Balaban J connectivity index is 1.49. The number of carbonyl (C=O) groups excluding carboxylic acids is 2. The number of ether oxygens (including phenoxy) is 1. The second-order valence-corrected chi connectivity index (χ2v) is 6.44. The summed E-state index contributed by atoms with van der Waals surface area (Å²) >= 11 is 6.02. The van der Waals surface area contributed by atoms with Crippen molar-refractivity contribution in [2.24, 2.45) is 0 Å². The zero-order valence-electron chi connectivity index (χ0n) is 14.1. The van der Waals surface area contributed by atoms with Gasteiger partial charge in [-0.25, -0.2) is 4.79 Å². The predicted molar refractivity (Wildman–Crippen MR) is 103 cm³/mol. The van der Waals surface area contributed by atoms with Crippen molar-refractivity contribution >= 4 is 29.2 Å². The molecular formula is C21H15ClN2O3. The molecule has 0 saturated carbocycles. The van der Waals surface area contributed by atoms with Gasteiger partial charge >= 0.3 is 5.97 Å². The Kier molecular flexibility index (Phi) is 4.52. The molecule has 1 heterocycles. The van der Waals surface area contributed by atoms with E-state index in [-0.39, 0.29) is 12.1 Å². The van der Waals surface area contributed by atoms with Crippen LogP contribution >= 0.6 is 11.6 Å². The van der Waals surface area contributed by atoms with E-state index in [1.807, 2.05) is 18.2 Å². The molecule has 1 amide bonds. The maximum absolute atomic E-state index is 12.2. The number of carbonyl (C=O) groups is 2. The van der Waals surface area contributed by atoms with E-state index in [0.29, 0.717) is 21.9 Å². The van der Waals surface area contributed by atoms with E-state index in [0.717, 1.165) is 11.3 Å². The van der Waals surface area contributed by atoms with E-state index in [4.69, 9.17) is 16.3 Å². The first-order valence-electron chi connectivity index (χ1n) is 8.35. The number of fused-ring (bicyclic) bond motifs is 1. The Hall–Kier alpha value is -3.31. The lowest BCUT2D eigenvalue weighted by Crippen LogP contribution is -2.38. The van der Waals surface area contributed by atoms with Crippen LogP contribution in [0.15, 0.2) is 72.8 Å². The molecular weight excluding hydrogens is 364 g/mol. The van der Waals surface area contributed by atoms with Crippen molar-refractivity contribution in [2.75, 3.05) is 5.32 Å². The van der Waals surface area contributed by atoms with Gasteiger partial charge in [-0.2, -0.15) is 0 Å². The number of benzene rings is 3. The normalized spacial score (nSPS) is 15.3. The first-order chi connectivity index (χ1) is 13.1. The highest BCUT2D eigenvalue weighted by molar-refractivity contribution is 6.33. The molecule has 1 aliphatic heterocycles. The summed E-state index contributed by atoms with van der Waals surface area (Å²) in [5, 5.41) is 6.53. The highest BCUT2D eigenvalue weighted by Crippen LogP contribution is 2.27. The fourth-order valence-electron chi connectivity index (χ4n) is 2.89. The molecule has 134 valence electrons. The zero-order valence-corrected chi connectivity index (χ0v) is 14.9. The van der Waals surface area contributed by atoms with Crippen LogP contribution in [0.2, 0.25) is 5.02 Å². The Labute approximate surface area is 160 Å². The van der Waals surface area contributed by atoms with Gasteiger partial charge in [0.15, 0.2) is 0 Å². The van der Waals surface area contributed by atoms with Crippen molar-refractivity contribution < 1.29 is 14.3 Å². The lowest BCUT2D eigenvalue weighted by Gasteiger charge is -2.28. The van der Waals surface area contributed by atoms with Gasteiger partial charge in [-0.3, -0.25) is 4.79 Å². The number of esters is 1. The van der Waals surface area contributed by atoms with Gasteiger partial charge in [0.2, 0.25) is 0 Å². The van der Waals surface area contributed by atoms with Crippen molar-refractivity contribution in [1.82, 2.24) is 5.32 Å². The SMILES string of the molecule is O=C(Oc1ccc([C@H]2NC(=O)c3ccccc3N2)cc1)c1ccccc1Cl. The van der Waals surface area contributed by atoms with Gasteiger partial charge in [0.25, 0.3) is 5.91 Å². The molecule has 1 aliphatic rings. The summed E-state index contributed by atoms with van der Waals surface area (Å²) in [6.07, 6.45) is -0.360. The molecule has 0 unspecified atom stereocenters. The van der Waals surface area contributed by atoms with Crippen LogP contribution < -0.4 is 15.4 Å². The number of nitrogens with one attached hydrogen (secondary N) is 2. The summed E-state index contributed by atoms with van der Waals surface area (Å²) in [5.41, 5.74) is 2.54. The largest absolute Gasteiger partial charge is 0.423 e. The van der Waals surface area contributed by atoms with Crippen molar-refractivity contribution in [3.63, 3.8) is 0 Å². The number of anilines is 1. The topological polar surface area (TPSA) is 67.4 Å². The zero-order chi connectivity index (χ0) is 18.8. The number of halogens is 1. The van der Waals surface area contributed by atoms with E-state index in [1.165, 1.54) is 0 Å². The van der Waals surface area contributed by atoms with Crippen molar-refractivity contribution in [3.8, 4) is 5.75 Å². The summed E-state index contributed by atoms with van der Waals surface area (Å²) < 4.78 is 5.37. The third kappa shape index (κ3) is 3.50. The number of para-hydroxylation sites is 1. The summed E-state index contributed by atoms with van der Waals surface area (Å²) in [6, 6.07) is 21.0. The lowest BCUT2D eigenvalue weighted by molar-refractivity contribution is 0.0734. The first-order valence-corrected chi connectivity index (χ1v) is 8.73. The average Bonchev–Trinajstić information content (AvgIpc) is 2.69. The predicted octanol–water partition coefficient (Wildman–Crippen LogP) is 4.41. The summed E-state index contributed by atoms with van der Waals surface area (Å²) in [7, 11) is 0. The van der Waals surface area contributed by atoms with E-state index in [9.17, 15) is 9.59 Å². The summed E-state index contributed by atoms with van der Waals surface area (Å²) in [4.78, 5) is 24.5. The third-order valence-electron chi connectivity index (χ3n) is 4.26. The van der Waals surface area contributed by atoms with Crippen molar-refractivity contribution in [2.45, 2.75) is 6.17 Å². The van der Waals surface area contributed by atoms with Gasteiger partial charge in [0, 0.05) is 5.69 Å². The summed E-state index contributed by atoms with van der Waals surface area (Å²) in [6.45, 7) is 0. The van der Waals surface area contributed by atoms with Crippen LogP contribution in [0.1, 0.15) is 32.4 Å². The number of amides is 1. The fraction of sp³-hybridized carbons (Fsp3) is 0.0476. The van der Waals surface area contributed by atoms with Crippen LogP contribution in [0.3, 0.4) is 0 Å². The highest BCUT2D eigenvalue weighted by atomic mass is 35.5. The molecule has 3 aromatic rings. The molecule has 0 fully saturated rings. The van der Waals surface area contributed by atoms with Gasteiger partial charge in [-0.15, -0.1) is 0 Å². The van der Waals surface area contributed by atoms with Crippen LogP contribution in [0.4, 0.5) is 5.69 Å². The quantitative estimate of drug-likeness (QED) is 0.523. The molecule has 27 heavy (non-hydrogen) atoms. The molecule has 0 aromatic heterocycles. The van der Waals surface area contributed by atoms with Crippen LogP contribution in [-0.4, -0.2) is 11.9 Å². The highest BCUT2D eigenvalue weighted by Gasteiger charge is 2.24. The summed E-state index contributed by atoms with van der Waals surface area (Å²) in [5.74, 6) is -0.263. The second-order valence-electron chi connectivity index (χ2n) is 6.03. The Morgan fingerprint density at radius 1 is 0.889 bits per heavy atom. The van der Waals surface area contributed by atoms with Gasteiger partial charge in [0.1, 0.15) is 11.9 Å². The van der Waals surface area contributed by atoms with Crippen LogP contribution in [0.5, 0.6) is 5.75 Å². The molecule has 0 aliphatic carbocycles. The molecule has 4 rings (SSSR count). The molecule has 6 heteroatoms. The van der Waals surface area contributed by atoms with E-state index in [1.54, 1.807) is 54.6 Å². The Morgan fingerprint density at radius 2 is 1.59 bits per heavy atom. The minimum absolute atomic E-state index is 0.136. The van der Waals surface area contributed by atoms with E-state index < -0.39 is 5.97 Å². The third-order valence-corrected chi connectivity index (χ3v) is 4.59. The molecule has 2 N–H and O–H groups in total. The van der Waals surface area contributed by atoms with Crippen molar-refractivity contribution in [1.29, 1.82) is 0 Å². The van der Waals surface area contributed by atoms with Crippen LogP contribution in [0, 0.1) is 0 Å². The van der Waals surface area contributed by atoms with Crippen LogP contribution in [0.25, 0.3) is 0 Å². The molecule has 5 nitrogen and oxygen atoms in total. The average molecular weight is 379 g/mol. The minimum Gasteiger partial charge on any atom is -0.423 e. The van der Waals surface area contributed by atoms with Gasteiger partial charge in [-0.05, 0) is 42.0 Å². The van der Waals surface area contributed by atoms with Gasteiger partial charge < -0.3 is 15.4 Å². The molecule has 0 radical (unpaired) electrons. The lowest BCUT2D eigenvalue weighted by atomic mass is 10.1. The minimum atomic E-state index is -0.522. The molecule has 1 atom stereocenters. The monoisotopic (exact) mass is 378 g/mol. The molecule has 0 saturated heterocycles. The smallest absolute Gasteiger partial charge is 0.345 e. The Bertz CT molecular complexity index is 1020. The molecule has 0 bridgehead atoms. The van der Waals surface area contributed by atoms with Gasteiger partial charge in [0.05, 0.1) is 16.1 Å². The fourth-order valence-corrected chi connectivity index (χ4v) is 3.10. The maximum Gasteiger partial charge on any atom is 0.345 e. The molecule has 0 spiro atoms. The Morgan fingerprint density at radius 3 is 2.37 bits per heavy atom. The van der Waals surface area contributed by atoms with Gasteiger partial charge in [-0.1, -0.05) is 48.0 Å². The standard InChI is InChI=1S/C21H15ClN2O3/c22-17-7-3-1-5-15(17)21(26)27-14-11-9-13(10-12-14)19-23-18-8-4-2-6-16(18)20(25)24-19/h1-12,19,23H,(H,24,25)/t19-/m1/s1. The molecule has 3 aromatic carbocycles. The number of rotatable bonds is 3. The first kappa shape index (κ1) is 17.1. The van der Waals surface area contributed by atoms with E-state index in [2.05, 4.69) is 10.6 Å². The van der Waals surface area contributed by atoms with Crippen molar-refractivity contribution in [3.05, 3.63) is 94.5 Å². The second kappa shape index (κ2) is 7.13. The van der Waals surface area contributed by atoms with E-state index >= 15 is 0 Å². The number of hydrogen-bond acceptors (Lipinski definition) is 4.